The average molecular weight is 634 g/mol. The first-order valence-electron chi connectivity index (χ1n) is 12.9. The highest BCUT2D eigenvalue weighted by atomic mass is 32.1. The van der Waals surface area contributed by atoms with E-state index >= 15 is 0 Å². The fraction of sp³-hybridized carbons (Fsp3) is 0.167. The molecule has 0 saturated carbocycles. The molecule has 0 radical (unpaired) electrons. The van der Waals surface area contributed by atoms with Gasteiger partial charge in [-0.25, -0.2) is 4.98 Å². The van der Waals surface area contributed by atoms with Crippen molar-refractivity contribution in [3.63, 3.8) is 0 Å². The van der Waals surface area contributed by atoms with E-state index in [1.807, 2.05) is 12.1 Å². The van der Waals surface area contributed by atoms with Crippen LogP contribution in [0.1, 0.15) is 33.5 Å². The molecule has 0 fully saturated rings. The first-order valence-corrected chi connectivity index (χ1v) is 13.8. The minimum atomic E-state index is -5.13. The molecule has 0 unspecified atom stereocenters. The number of alkyl halides is 6. The highest BCUT2D eigenvalue weighted by molar-refractivity contribution is 7.14. The molecular weight excluding hydrogens is 612 g/mol. The Balaban J connectivity index is 1.53. The van der Waals surface area contributed by atoms with Gasteiger partial charge in [-0.15, -0.1) is 11.3 Å². The maximum atomic E-state index is 14.2. The number of hydrogen-bond donors (Lipinski definition) is 2. The van der Waals surface area contributed by atoms with Crippen LogP contribution in [0.2, 0.25) is 0 Å². The van der Waals surface area contributed by atoms with Crippen LogP contribution >= 0.6 is 11.3 Å². The van der Waals surface area contributed by atoms with Crippen LogP contribution in [0, 0.1) is 0 Å². The van der Waals surface area contributed by atoms with E-state index in [0.717, 1.165) is 27.7 Å². The first kappa shape index (κ1) is 30.6. The van der Waals surface area contributed by atoms with Crippen molar-refractivity contribution in [3.05, 3.63) is 100 Å². The molecule has 14 heteroatoms. The number of fused-ring (bicyclic) bond motifs is 1. The molecule has 0 spiro atoms. The van der Waals surface area contributed by atoms with Gasteiger partial charge in [-0.1, -0.05) is 30.3 Å². The predicted molar refractivity (Wildman–Crippen MR) is 151 cm³/mol. The number of furan rings is 1. The smallest absolute Gasteiger partial charge is 0.418 e. The standard InChI is InChI=1S/C30H21F6N3O4S/c31-29(32,33)20-9-10-23(21(14-20)30(34,35)36)39(15-17-5-7-18(8-6-17)27(42)37-12-11-26(40)41)28-38-22(16-44-28)25-13-19-3-1-2-4-24(19)43-25/h1-10,13-14,16H,11-12,15H2,(H,37,42)(H,40,41). The third kappa shape index (κ3) is 6.86. The number of carboxylic acids is 1. The fourth-order valence-corrected chi connectivity index (χ4v) is 5.20. The number of hydrogen-bond acceptors (Lipinski definition) is 6. The number of carbonyl (C=O) groups excluding carboxylic acids is 1. The van der Waals surface area contributed by atoms with Crippen molar-refractivity contribution in [1.82, 2.24) is 10.3 Å². The lowest BCUT2D eigenvalue weighted by molar-refractivity contribution is -0.143. The average Bonchev–Trinajstić information content (AvgIpc) is 3.62. The van der Waals surface area contributed by atoms with Gasteiger partial charge in [-0.05, 0) is 48.0 Å². The van der Waals surface area contributed by atoms with Crippen LogP contribution in [0.5, 0.6) is 0 Å². The molecule has 2 aromatic heterocycles. The zero-order valence-corrected chi connectivity index (χ0v) is 23.2. The minimum absolute atomic E-state index is 0.0567. The van der Waals surface area contributed by atoms with Crippen molar-refractivity contribution in [1.29, 1.82) is 0 Å². The number of carbonyl (C=O) groups is 2. The summed E-state index contributed by atoms with van der Waals surface area (Å²) in [5, 5.41) is 13.6. The summed E-state index contributed by atoms with van der Waals surface area (Å²) in [6.45, 7) is -0.349. The van der Waals surface area contributed by atoms with Crippen molar-refractivity contribution in [2.45, 2.75) is 25.3 Å². The summed E-state index contributed by atoms with van der Waals surface area (Å²) in [5.74, 6) is -1.28. The van der Waals surface area contributed by atoms with E-state index < -0.39 is 41.0 Å². The molecule has 2 N–H and O–H groups in total. The molecule has 3 aromatic carbocycles. The van der Waals surface area contributed by atoms with Crippen LogP contribution in [0.15, 0.2) is 82.6 Å². The van der Waals surface area contributed by atoms with E-state index in [1.165, 1.54) is 24.3 Å². The number of nitrogens with zero attached hydrogens (tertiary/aromatic N) is 2. The maximum Gasteiger partial charge on any atom is 0.418 e. The summed E-state index contributed by atoms with van der Waals surface area (Å²) in [4.78, 5) is 28.6. The van der Waals surface area contributed by atoms with E-state index in [2.05, 4.69) is 10.3 Å². The summed E-state index contributed by atoms with van der Waals surface area (Å²) in [7, 11) is 0. The van der Waals surface area contributed by atoms with Crippen molar-refractivity contribution in [3.8, 4) is 11.5 Å². The number of anilines is 2. The van der Waals surface area contributed by atoms with E-state index in [-0.39, 0.29) is 36.3 Å². The van der Waals surface area contributed by atoms with E-state index in [0.29, 0.717) is 28.7 Å². The number of benzene rings is 3. The summed E-state index contributed by atoms with van der Waals surface area (Å²) >= 11 is 0.978. The van der Waals surface area contributed by atoms with E-state index in [9.17, 15) is 35.9 Å². The van der Waals surface area contributed by atoms with E-state index in [4.69, 9.17) is 9.52 Å². The number of amides is 1. The van der Waals surface area contributed by atoms with Crippen molar-refractivity contribution < 1.29 is 45.5 Å². The highest BCUT2D eigenvalue weighted by Crippen LogP contribution is 2.44. The molecular formula is C30H21F6N3O4S. The Kier molecular flexibility index (Phi) is 8.37. The number of aromatic nitrogens is 1. The molecule has 5 rings (SSSR count). The molecule has 0 aliphatic carbocycles. The molecule has 228 valence electrons. The van der Waals surface area contributed by atoms with Crippen LogP contribution in [-0.4, -0.2) is 28.5 Å². The largest absolute Gasteiger partial charge is 0.481 e. The lowest BCUT2D eigenvalue weighted by atomic mass is 10.1. The molecule has 2 heterocycles. The molecule has 44 heavy (non-hydrogen) atoms. The number of halogens is 6. The molecule has 5 aromatic rings. The van der Waals surface area contributed by atoms with Crippen molar-refractivity contribution >= 4 is 45.0 Å². The van der Waals surface area contributed by atoms with Gasteiger partial charge in [0.15, 0.2) is 10.9 Å². The Hall–Kier alpha value is -4.85. The Labute approximate surface area is 249 Å². The highest BCUT2D eigenvalue weighted by Gasteiger charge is 2.40. The van der Waals surface area contributed by atoms with Gasteiger partial charge in [0, 0.05) is 22.9 Å². The zero-order chi connectivity index (χ0) is 31.6. The van der Waals surface area contributed by atoms with Gasteiger partial charge in [-0.2, -0.15) is 26.3 Å². The van der Waals surface area contributed by atoms with Crippen molar-refractivity contribution in [2.75, 3.05) is 11.4 Å². The number of carboxylic acid groups (broad SMARTS) is 1. The van der Waals surface area contributed by atoms with Crippen LogP contribution < -0.4 is 10.2 Å². The molecule has 0 saturated heterocycles. The Bertz CT molecular complexity index is 1780. The third-order valence-electron chi connectivity index (χ3n) is 6.50. The zero-order valence-electron chi connectivity index (χ0n) is 22.4. The third-order valence-corrected chi connectivity index (χ3v) is 7.37. The van der Waals surface area contributed by atoms with Gasteiger partial charge in [0.25, 0.3) is 5.91 Å². The van der Waals surface area contributed by atoms with Gasteiger partial charge in [-0.3, -0.25) is 9.59 Å². The summed E-state index contributed by atoms with van der Waals surface area (Å²) in [5.41, 5.74) is -2.01. The summed E-state index contributed by atoms with van der Waals surface area (Å²) < 4.78 is 88.6. The molecule has 0 aliphatic rings. The normalized spacial score (nSPS) is 12.0. The topological polar surface area (TPSA) is 95.7 Å². The van der Waals surface area contributed by atoms with Gasteiger partial charge < -0.3 is 19.7 Å². The Morgan fingerprint density at radius 3 is 2.32 bits per heavy atom. The van der Waals surface area contributed by atoms with Gasteiger partial charge in [0.2, 0.25) is 0 Å². The quantitative estimate of drug-likeness (QED) is 0.159. The monoisotopic (exact) mass is 633 g/mol. The van der Waals surface area contributed by atoms with Crippen LogP contribution in [0.3, 0.4) is 0 Å². The van der Waals surface area contributed by atoms with Gasteiger partial charge in [0.05, 0.1) is 29.8 Å². The number of aliphatic carboxylic acids is 1. The number of rotatable bonds is 9. The van der Waals surface area contributed by atoms with Crippen LogP contribution in [0.25, 0.3) is 22.4 Å². The fourth-order valence-electron chi connectivity index (χ4n) is 4.37. The van der Waals surface area contributed by atoms with Gasteiger partial charge in [0.1, 0.15) is 11.3 Å². The second-order valence-corrected chi connectivity index (χ2v) is 10.4. The number of thiazole rings is 1. The van der Waals surface area contributed by atoms with Crippen molar-refractivity contribution in [2.24, 2.45) is 0 Å². The Morgan fingerprint density at radius 2 is 1.66 bits per heavy atom. The van der Waals surface area contributed by atoms with E-state index in [1.54, 1.807) is 23.6 Å². The second-order valence-electron chi connectivity index (χ2n) is 9.57. The molecule has 0 atom stereocenters. The summed E-state index contributed by atoms with van der Waals surface area (Å²) in [6, 6.07) is 16.0. The molecule has 1 amide bonds. The number of para-hydroxylation sites is 1. The van der Waals surface area contributed by atoms with Crippen LogP contribution in [0.4, 0.5) is 37.2 Å². The second kappa shape index (κ2) is 12.0. The summed E-state index contributed by atoms with van der Waals surface area (Å²) in [6.07, 6.45) is -10.4. The molecule has 0 aliphatic heterocycles. The lowest BCUT2D eigenvalue weighted by Gasteiger charge is -2.26. The maximum absolute atomic E-state index is 14.2. The lowest BCUT2D eigenvalue weighted by Crippen LogP contribution is -2.26. The first-order chi connectivity index (χ1) is 20.8. The SMILES string of the molecule is O=C(O)CCNC(=O)c1ccc(CN(c2nc(-c3cc4ccccc4o3)cs2)c2ccc(C(F)(F)F)cc2C(F)(F)F)cc1. The molecule has 0 bridgehead atoms. The number of nitrogens with one attached hydrogen (secondary N) is 1. The minimum Gasteiger partial charge on any atom is -0.481 e. The van der Waals surface area contributed by atoms with Gasteiger partial charge >= 0.3 is 18.3 Å². The predicted octanol–water partition coefficient (Wildman–Crippen LogP) is 8.14. The Morgan fingerprint density at radius 1 is 0.932 bits per heavy atom. The molecule has 7 nitrogen and oxygen atoms in total. The van der Waals surface area contributed by atoms with Crippen LogP contribution in [-0.2, 0) is 23.7 Å².